The number of hydrogen-bond acceptors (Lipinski definition) is 3. The van der Waals surface area contributed by atoms with E-state index >= 15 is 0 Å². The molecule has 3 nitrogen and oxygen atoms in total. The van der Waals surface area contributed by atoms with Crippen molar-refractivity contribution in [1.82, 2.24) is 0 Å². The molecule has 1 heterocycles. The van der Waals surface area contributed by atoms with Crippen LogP contribution in [0.4, 0.5) is 4.39 Å². The van der Waals surface area contributed by atoms with Crippen LogP contribution in [0, 0.1) is 12.7 Å². The lowest BCUT2D eigenvalue weighted by molar-refractivity contribution is -0.163. The van der Waals surface area contributed by atoms with Crippen molar-refractivity contribution in [2.75, 3.05) is 0 Å². The number of ether oxygens (including phenoxy) is 1. The minimum atomic E-state index is -0.509. The third kappa shape index (κ3) is 2.10. The van der Waals surface area contributed by atoms with Gasteiger partial charge < -0.3 is 4.74 Å². The summed E-state index contributed by atoms with van der Waals surface area (Å²) in [7, 11) is 0. The number of benzene rings is 1. The van der Waals surface area contributed by atoms with Crippen LogP contribution in [0.5, 0.6) is 0 Å². The van der Waals surface area contributed by atoms with Gasteiger partial charge in [0, 0.05) is 5.92 Å². The third-order valence-electron chi connectivity index (χ3n) is 2.73. The Kier molecular flexibility index (Phi) is 2.73. The lowest BCUT2D eigenvalue weighted by Crippen LogP contribution is -2.24. The predicted octanol–water partition coefficient (Wildman–Crippen LogP) is 2.08. The largest absolute Gasteiger partial charge is 0.393 e. The Balaban J connectivity index is 2.29. The summed E-state index contributed by atoms with van der Waals surface area (Å²) in [6, 6.07) is 4.37. The lowest BCUT2D eigenvalue weighted by Gasteiger charge is -2.21. The van der Waals surface area contributed by atoms with E-state index in [1.165, 1.54) is 12.1 Å². The van der Waals surface area contributed by atoms with E-state index in [0.29, 0.717) is 0 Å². The van der Waals surface area contributed by atoms with Crippen LogP contribution in [0.2, 0.25) is 0 Å². The molecule has 0 atom stereocenters. The van der Waals surface area contributed by atoms with Gasteiger partial charge >= 0.3 is 11.9 Å². The van der Waals surface area contributed by atoms with Gasteiger partial charge in [-0.1, -0.05) is 6.07 Å². The molecule has 1 aliphatic heterocycles. The summed E-state index contributed by atoms with van der Waals surface area (Å²) < 4.78 is 17.4. The summed E-state index contributed by atoms with van der Waals surface area (Å²) in [5.41, 5.74) is 1.60. The highest BCUT2D eigenvalue weighted by molar-refractivity contribution is 5.89. The van der Waals surface area contributed by atoms with E-state index in [-0.39, 0.29) is 24.6 Å². The van der Waals surface area contributed by atoms with Crippen LogP contribution in [0.25, 0.3) is 0 Å². The quantitative estimate of drug-likeness (QED) is 0.539. The first-order chi connectivity index (χ1) is 7.56. The number of hydrogen-bond donors (Lipinski definition) is 0. The molecule has 4 heteroatoms. The number of carbonyl (C=O) groups is 2. The maximum atomic E-state index is 12.9. The molecule has 0 bridgehead atoms. The van der Waals surface area contributed by atoms with Crippen molar-refractivity contribution in [2.24, 2.45) is 0 Å². The Labute approximate surface area is 92.2 Å². The SMILES string of the molecule is Cc1cc(F)ccc1C1CC(=O)OC(=O)C1. The summed E-state index contributed by atoms with van der Waals surface area (Å²) in [5, 5.41) is 0. The Morgan fingerprint density at radius 3 is 2.44 bits per heavy atom. The second-order valence-electron chi connectivity index (χ2n) is 3.95. The molecule has 0 radical (unpaired) electrons. The fourth-order valence-corrected chi connectivity index (χ4v) is 2.00. The van der Waals surface area contributed by atoms with Gasteiger partial charge in [-0.3, -0.25) is 9.59 Å². The molecule has 0 amide bonds. The van der Waals surface area contributed by atoms with Gasteiger partial charge in [-0.25, -0.2) is 4.39 Å². The molecule has 0 saturated carbocycles. The first kappa shape index (κ1) is 10.8. The number of aryl methyl sites for hydroxylation is 1. The summed E-state index contributed by atoms with van der Waals surface area (Å²) in [6.07, 6.45) is 0.358. The van der Waals surface area contributed by atoms with Gasteiger partial charge in [0.2, 0.25) is 0 Å². The summed E-state index contributed by atoms with van der Waals surface area (Å²) >= 11 is 0. The number of rotatable bonds is 1. The van der Waals surface area contributed by atoms with Crippen LogP contribution in [0.3, 0.4) is 0 Å². The minimum Gasteiger partial charge on any atom is -0.393 e. The van der Waals surface area contributed by atoms with Crippen LogP contribution in [-0.4, -0.2) is 11.9 Å². The predicted molar refractivity (Wildman–Crippen MR) is 54.2 cm³/mol. The molecule has 2 rings (SSSR count). The molecule has 1 fully saturated rings. The van der Waals surface area contributed by atoms with Crippen molar-refractivity contribution in [3.63, 3.8) is 0 Å². The molecule has 1 aromatic carbocycles. The average Bonchev–Trinajstić information content (AvgIpc) is 2.15. The Bertz CT molecular complexity index is 438. The van der Waals surface area contributed by atoms with Crippen LogP contribution < -0.4 is 0 Å². The highest BCUT2D eigenvalue weighted by Crippen LogP contribution is 2.30. The zero-order valence-electron chi connectivity index (χ0n) is 8.83. The third-order valence-corrected chi connectivity index (χ3v) is 2.73. The molecule has 1 aliphatic rings. The minimum absolute atomic E-state index is 0.179. The molecular formula is C12H11FO3. The topological polar surface area (TPSA) is 43.4 Å². The van der Waals surface area contributed by atoms with Crippen molar-refractivity contribution in [3.05, 3.63) is 35.1 Å². The van der Waals surface area contributed by atoms with Gasteiger partial charge in [0.05, 0.1) is 12.8 Å². The summed E-state index contributed by atoms with van der Waals surface area (Å²) in [4.78, 5) is 22.2. The Hall–Kier alpha value is -1.71. The van der Waals surface area contributed by atoms with Gasteiger partial charge in [-0.2, -0.15) is 0 Å². The normalized spacial score (nSPS) is 17.4. The van der Waals surface area contributed by atoms with Gasteiger partial charge in [0.15, 0.2) is 0 Å². The van der Waals surface area contributed by atoms with Crippen LogP contribution in [0.15, 0.2) is 18.2 Å². The van der Waals surface area contributed by atoms with Crippen molar-refractivity contribution in [2.45, 2.75) is 25.7 Å². The van der Waals surface area contributed by atoms with Crippen LogP contribution >= 0.6 is 0 Å². The smallest absolute Gasteiger partial charge is 0.314 e. The Morgan fingerprint density at radius 1 is 1.25 bits per heavy atom. The van der Waals surface area contributed by atoms with E-state index < -0.39 is 11.9 Å². The monoisotopic (exact) mass is 222 g/mol. The standard InChI is InChI=1S/C12H11FO3/c1-7-4-9(13)2-3-10(7)8-5-11(14)16-12(15)6-8/h2-4,8H,5-6H2,1H3. The Morgan fingerprint density at radius 2 is 1.88 bits per heavy atom. The van der Waals surface area contributed by atoms with Crippen LogP contribution in [0.1, 0.15) is 29.9 Å². The first-order valence-corrected chi connectivity index (χ1v) is 5.06. The van der Waals surface area contributed by atoms with Gasteiger partial charge in [-0.15, -0.1) is 0 Å². The molecule has 1 aromatic rings. The van der Waals surface area contributed by atoms with Gasteiger partial charge in [0.25, 0.3) is 0 Å². The first-order valence-electron chi connectivity index (χ1n) is 5.06. The van der Waals surface area contributed by atoms with E-state index in [9.17, 15) is 14.0 Å². The van der Waals surface area contributed by atoms with E-state index in [4.69, 9.17) is 0 Å². The lowest BCUT2D eigenvalue weighted by atomic mass is 9.88. The molecule has 0 spiro atoms. The van der Waals surface area contributed by atoms with Gasteiger partial charge in [-0.05, 0) is 30.2 Å². The fraction of sp³-hybridized carbons (Fsp3) is 0.333. The number of halogens is 1. The molecule has 1 saturated heterocycles. The van der Waals surface area contributed by atoms with Crippen molar-refractivity contribution in [3.8, 4) is 0 Å². The second-order valence-corrected chi connectivity index (χ2v) is 3.95. The zero-order valence-corrected chi connectivity index (χ0v) is 8.83. The number of esters is 2. The molecule has 0 N–H and O–H groups in total. The van der Waals surface area contributed by atoms with Gasteiger partial charge in [0.1, 0.15) is 5.82 Å². The van der Waals surface area contributed by atoms with Crippen molar-refractivity contribution >= 4 is 11.9 Å². The van der Waals surface area contributed by atoms with E-state index in [1.807, 2.05) is 0 Å². The van der Waals surface area contributed by atoms with Crippen molar-refractivity contribution < 1.29 is 18.7 Å². The van der Waals surface area contributed by atoms with Crippen LogP contribution in [-0.2, 0) is 14.3 Å². The molecule has 16 heavy (non-hydrogen) atoms. The highest BCUT2D eigenvalue weighted by Gasteiger charge is 2.29. The molecule has 84 valence electrons. The highest BCUT2D eigenvalue weighted by atomic mass is 19.1. The average molecular weight is 222 g/mol. The number of cyclic esters (lactones) is 2. The van der Waals surface area contributed by atoms with E-state index in [0.717, 1.165) is 11.1 Å². The second kappa shape index (κ2) is 4.04. The fourth-order valence-electron chi connectivity index (χ4n) is 2.00. The molecule has 0 unspecified atom stereocenters. The molecule has 0 aliphatic carbocycles. The molecule has 0 aromatic heterocycles. The maximum absolute atomic E-state index is 12.9. The van der Waals surface area contributed by atoms with E-state index in [2.05, 4.69) is 4.74 Å². The zero-order chi connectivity index (χ0) is 11.7. The summed E-state index contributed by atoms with van der Waals surface area (Å²) in [6.45, 7) is 1.77. The van der Waals surface area contributed by atoms with Crippen molar-refractivity contribution in [1.29, 1.82) is 0 Å². The molecular weight excluding hydrogens is 211 g/mol. The maximum Gasteiger partial charge on any atom is 0.314 e. The number of carbonyl (C=O) groups excluding carboxylic acids is 2. The summed E-state index contributed by atoms with van der Waals surface area (Å²) in [5.74, 6) is -1.52. The van der Waals surface area contributed by atoms with E-state index in [1.54, 1.807) is 13.0 Å².